The van der Waals surface area contributed by atoms with Crippen LogP contribution >= 0.6 is 22.9 Å². The summed E-state index contributed by atoms with van der Waals surface area (Å²) < 4.78 is 25.3. The number of aryl methyl sites for hydroxylation is 1. The topological polar surface area (TPSA) is 99.1 Å². The van der Waals surface area contributed by atoms with Gasteiger partial charge >= 0.3 is 0 Å². The first-order chi connectivity index (χ1) is 14.4. The summed E-state index contributed by atoms with van der Waals surface area (Å²) in [5.74, 6) is -0.0105. The first-order valence-corrected chi connectivity index (χ1v) is 10.2. The summed E-state index contributed by atoms with van der Waals surface area (Å²) in [4.78, 5) is 21.2. The Morgan fingerprint density at radius 2 is 2.13 bits per heavy atom. The number of hydrogen-bond acceptors (Lipinski definition) is 8. The molecule has 1 unspecified atom stereocenters. The van der Waals surface area contributed by atoms with Crippen LogP contribution in [0.3, 0.4) is 0 Å². The maximum absolute atomic E-state index is 14.8. The fourth-order valence-electron chi connectivity index (χ4n) is 3.08. The molecule has 1 fully saturated rings. The number of alkyl halides is 1. The van der Waals surface area contributed by atoms with Crippen LogP contribution < -0.4 is 10.1 Å². The highest BCUT2D eigenvalue weighted by Gasteiger charge is 2.40. The van der Waals surface area contributed by atoms with Gasteiger partial charge in [0.15, 0.2) is 10.7 Å². The van der Waals surface area contributed by atoms with Gasteiger partial charge < -0.3 is 9.47 Å². The highest BCUT2D eigenvalue weighted by atomic mass is 35.5. The quantitative estimate of drug-likeness (QED) is 0.591. The Bertz CT molecular complexity index is 1100. The molecule has 11 heteroatoms. The van der Waals surface area contributed by atoms with Gasteiger partial charge in [-0.2, -0.15) is 0 Å². The minimum absolute atomic E-state index is 0.0653. The van der Waals surface area contributed by atoms with E-state index in [0.29, 0.717) is 29.2 Å². The number of aromatic nitrogens is 4. The van der Waals surface area contributed by atoms with E-state index in [4.69, 9.17) is 21.1 Å². The van der Waals surface area contributed by atoms with Gasteiger partial charge in [-0.15, -0.1) is 10.2 Å². The van der Waals surface area contributed by atoms with E-state index in [9.17, 15) is 9.18 Å². The molecule has 0 saturated carbocycles. The first-order valence-electron chi connectivity index (χ1n) is 8.98. The summed E-state index contributed by atoms with van der Waals surface area (Å²) in [7, 11) is 1.50. The van der Waals surface area contributed by atoms with E-state index in [0.717, 1.165) is 11.3 Å². The third kappa shape index (κ3) is 3.98. The molecule has 0 spiro atoms. The van der Waals surface area contributed by atoms with Crippen LogP contribution in [0.5, 0.6) is 5.75 Å². The summed E-state index contributed by atoms with van der Waals surface area (Å²) in [6.07, 6.45) is 3.15. The van der Waals surface area contributed by atoms with E-state index in [1.165, 1.54) is 19.5 Å². The van der Waals surface area contributed by atoms with Crippen LogP contribution in [0.25, 0.3) is 11.1 Å². The Balaban J connectivity index is 1.66. The SMILES string of the molecule is COc1cnc(Cl)cc1-c1cc(C)ncc1C(=O)Nc1nnc(C2(F)CCOC2)s1. The average molecular weight is 450 g/mol. The maximum Gasteiger partial charge on any atom is 0.259 e. The summed E-state index contributed by atoms with van der Waals surface area (Å²) in [6.45, 7) is 2.07. The van der Waals surface area contributed by atoms with Crippen LogP contribution in [-0.2, 0) is 10.4 Å². The number of halogens is 2. The van der Waals surface area contributed by atoms with Crippen LogP contribution in [0.15, 0.2) is 24.5 Å². The van der Waals surface area contributed by atoms with Gasteiger partial charge in [0.2, 0.25) is 5.13 Å². The van der Waals surface area contributed by atoms with Crippen molar-refractivity contribution in [3.05, 3.63) is 45.9 Å². The lowest BCUT2D eigenvalue weighted by atomic mass is 10.0. The molecule has 8 nitrogen and oxygen atoms in total. The maximum atomic E-state index is 14.8. The molecule has 30 heavy (non-hydrogen) atoms. The molecule has 1 saturated heterocycles. The number of amides is 1. The van der Waals surface area contributed by atoms with E-state index in [2.05, 4.69) is 25.5 Å². The van der Waals surface area contributed by atoms with Crippen molar-refractivity contribution in [2.45, 2.75) is 19.0 Å². The molecule has 4 rings (SSSR count). The molecule has 1 atom stereocenters. The number of rotatable bonds is 5. The normalized spacial score (nSPS) is 18.4. The molecule has 0 aliphatic carbocycles. The van der Waals surface area contributed by atoms with Gasteiger partial charge in [-0.3, -0.25) is 15.1 Å². The van der Waals surface area contributed by atoms with Crippen LogP contribution in [0.4, 0.5) is 9.52 Å². The van der Waals surface area contributed by atoms with Gasteiger partial charge in [0.1, 0.15) is 10.9 Å². The lowest BCUT2D eigenvalue weighted by molar-refractivity contribution is 0.102. The fraction of sp³-hybridized carbons (Fsp3) is 0.316. The Hall–Kier alpha value is -2.69. The molecule has 0 radical (unpaired) electrons. The van der Waals surface area contributed by atoms with Gasteiger partial charge in [-0.05, 0) is 19.1 Å². The Morgan fingerprint density at radius 1 is 1.30 bits per heavy atom. The molecule has 3 aromatic rings. The van der Waals surface area contributed by atoms with Crippen molar-refractivity contribution < 1.29 is 18.7 Å². The van der Waals surface area contributed by atoms with Crippen molar-refractivity contribution in [3.8, 4) is 16.9 Å². The molecule has 4 heterocycles. The van der Waals surface area contributed by atoms with Gasteiger partial charge in [0.05, 0.1) is 32.1 Å². The third-order valence-electron chi connectivity index (χ3n) is 4.63. The Labute approximate surface area is 180 Å². The number of nitrogens with zero attached hydrogens (tertiary/aromatic N) is 4. The van der Waals surface area contributed by atoms with Gasteiger partial charge in [0, 0.05) is 29.4 Å². The van der Waals surface area contributed by atoms with Gasteiger partial charge in [-0.25, -0.2) is 9.37 Å². The molecular weight excluding hydrogens is 433 g/mol. The number of hydrogen-bond donors (Lipinski definition) is 1. The standard InChI is InChI=1S/C19H17ClFN5O3S/c1-10-5-11(12-6-15(20)23-8-14(12)28-2)13(7-22-10)16(27)24-18-26-25-17(30-18)19(21)3-4-29-9-19/h5-8H,3-4,9H2,1-2H3,(H,24,26,27). The number of ether oxygens (including phenoxy) is 2. The van der Waals surface area contributed by atoms with Crippen LogP contribution in [0, 0.1) is 6.92 Å². The molecular formula is C19H17ClFN5O3S. The van der Waals surface area contributed by atoms with Crippen molar-refractivity contribution in [1.82, 2.24) is 20.2 Å². The summed E-state index contributed by atoms with van der Waals surface area (Å²) in [5.41, 5.74) is 0.472. The van der Waals surface area contributed by atoms with Crippen molar-refractivity contribution in [3.63, 3.8) is 0 Å². The second-order valence-electron chi connectivity index (χ2n) is 6.71. The van der Waals surface area contributed by atoms with Crippen LogP contribution in [-0.4, -0.2) is 46.4 Å². The van der Waals surface area contributed by atoms with Crippen molar-refractivity contribution in [2.24, 2.45) is 0 Å². The van der Waals surface area contributed by atoms with Crippen molar-refractivity contribution in [2.75, 3.05) is 25.6 Å². The molecule has 3 aromatic heterocycles. The molecule has 1 aliphatic heterocycles. The predicted molar refractivity (Wildman–Crippen MR) is 110 cm³/mol. The predicted octanol–water partition coefficient (Wildman–Crippen LogP) is 3.80. The van der Waals surface area contributed by atoms with Crippen LogP contribution in [0.2, 0.25) is 5.15 Å². The van der Waals surface area contributed by atoms with E-state index >= 15 is 0 Å². The minimum Gasteiger partial charge on any atom is -0.494 e. The summed E-state index contributed by atoms with van der Waals surface area (Å²) in [5, 5.41) is 11.1. The summed E-state index contributed by atoms with van der Waals surface area (Å²) in [6, 6.07) is 3.36. The Kier molecular flexibility index (Phi) is 5.63. The van der Waals surface area contributed by atoms with E-state index in [-0.39, 0.29) is 33.9 Å². The van der Waals surface area contributed by atoms with E-state index in [1.807, 2.05) is 6.92 Å². The van der Waals surface area contributed by atoms with Crippen LogP contribution in [0.1, 0.15) is 27.5 Å². The number of methoxy groups -OCH3 is 1. The number of carbonyl (C=O) groups is 1. The number of carbonyl (C=O) groups excluding carboxylic acids is 1. The third-order valence-corrected chi connectivity index (χ3v) is 5.86. The number of anilines is 1. The lowest BCUT2D eigenvalue weighted by Crippen LogP contribution is -2.19. The molecule has 1 aliphatic rings. The zero-order valence-corrected chi connectivity index (χ0v) is 17.7. The number of pyridine rings is 2. The van der Waals surface area contributed by atoms with Crippen molar-refractivity contribution in [1.29, 1.82) is 0 Å². The van der Waals surface area contributed by atoms with E-state index in [1.54, 1.807) is 12.1 Å². The van der Waals surface area contributed by atoms with E-state index < -0.39 is 11.6 Å². The smallest absolute Gasteiger partial charge is 0.259 e. The van der Waals surface area contributed by atoms with Crippen molar-refractivity contribution >= 4 is 34.0 Å². The largest absolute Gasteiger partial charge is 0.494 e. The second-order valence-corrected chi connectivity index (χ2v) is 8.08. The molecule has 156 valence electrons. The number of nitrogens with one attached hydrogen (secondary N) is 1. The molecule has 1 amide bonds. The molecule has 0 bridgehead atoms. The fourth-order valence-corrected chi connectivity index (χ4v) is 4.07. The minimum atomic E-state index is -1.67. The highest BCUT2D eigenvalue weighted by Crippen LogP contribution is 2.38. The average Bonchev–Trinajstić information content (AvgIpc) is 3.38. The second kappa shape index (κ2) is 8.21. The Morgan fingerprint density at radius 3 is 2.87 bits per heavy atom. The monoisotopic (exact) mass is 449 g/mol. The van der Waals surface area contributed by atoms with Gasteiger partial charge in [0.25, 0.3) is 5.91 Å². The summed E-state index contributed by atoms with van der Waals surface area (Å²) >= 11 is 7.04. The zero-order valence-electron chi connectivity index (χ0n) is 16.1. The molecule has 1 N–H and O–H groups in total. The zero-order chi connectivity index (χ0) is 21.3. The lowest BCUT2D eigenvalue weighted by Gasteiger charge is -2.13. The van der Waals surface area contributed by atoms with Gasteiger partial charge in [-0.1, -0.05) is 22.9 Å². The first kappa shape index (κ1) is 20.6. The highest BCUT2D eigenvalue weighted by molar-refractivity contribution is 7.15. The molecule has 0 aromatic carbocycles.